The lowest BCUT2D eigenvalue weighted by molar-refractivity contribution is -0.138. The van der Waals surface area contributed by atoms with E-state index in [1.54, 1.807) is 6.08 Å². The number of likely N-dealkylation sites (tertiary alicyclic amines) is 2. The Morgan fingerprint density at radius 3 is 2.05 bits per heavy atom. The molecule has 12 nitrogen and oxygen atoms in total. The van der Waals surface area contributed by atoms with Crippen molar-refractivity contribution >= 4 is 67.6 Å². The maximum absolute atomic E-state index is 13.4. The van der Waals surface area contributed by atoms with Crippen LogP contribution in [-0.4, -0.2) is 57.7 Å². The molecule has 1 aromatic carbocycles. The van der Waals surface area contributed by atoms with Gasteiger partial charge in [-0.25, -0.2) is 9.59 Å². The van der Waals surface area contributed by atoms with Crippen LogP contribution in [0.1, 0.15) is 24.3 Å². The van der Waals surface area contributed by atoms with Gasteiger partial charge in [-0.3, -0.25) is 19.2 Å². The Kier molecular flexibility index (Phi) is 5.94. The molecule has 8 amide bonds. The number of hydrogen-bond acceptors (Lipinski definition) is 8. The van der Waals surface area contributed by atoms with Crippen LogP contribution in [0.25, 0.3) is 0 Å². The number of phenolic OH excluding ortho intramolecular Hbond substituents is 1. The van der Waals surface area contributed by atoms with Crippen LogP contribution in [0.5, 0.6) is 11.5 Å². The number of imide groups is 6. The molecule has 5 rings (SSSR count). The molecule has 4 aliphatic rings. The largest absolute Gasteiger partial charge is 0.503 e. The van der Waals surface area contributed by atoms with E-state index in [9.17, 15) is 33.9 Å². The van der Waals surface area contributed by atoms with Gasteiger partial charge in [-0.2, -0.15) is 9.80 Å². The minimum absolute atomic E-state index is 0.0118. The van der Waals surface area contributed by atoms with Crippen LogP contribution in [-0.2, 0) is 19.2 Å². The van der Waals surface area contributed by atoms with E-state index in [0.29, 0.717) is 25.4 Å². The number of urea groups is 2. The zero-order chi connectivity index (χ0) is 27.1. The first kappa shape index (κ1) is 25.4. The highest BCUT2D eigenvalue weighted by molar-refractivity contribution is 9.13. The number of amides is 8. The van der Waals surface area contributed by atoms with Crippen LogP contribution in [0.4, 0.5) is 9.59 Å². The van der Waals surface area contributed by atoms with Gasteiger partial charge in [0.05, 0.1) is 35.3 Å². The summed E-state index contributed by atoms with van der Waals surface area (Å²) in [5.41, 5.74) is 11.7. The zero-order valence-corrected chi connectivity index (χ0v) is 22.3. The number of nitrogens with two attached hydrogens (primary N) is 2. The molecule has 2 aliphatic carbocycles. The van der Waals surface area contributed by atoms with Crippen LogP contribution in [0.15, 0.2) is 26.7 Å². The molecule has 194 valence electrons. The number of rotatable bonds is 2. The molecule has 0 radical (unpaired) electrons. The third-order valence-corrected chi connectivity index (χ3v) is 9.98. The normalized spacial score (nSPS) is 30.6. The third-order valence-electron chi connectivity index (χ3n) is 7.82. The minimum Gasteiger partial charge on any atom is -0.503 e. The smallest absolute Gasteiger partial charge is 0.328 e. The molecule has 0 unspecified atom stereocenters. The predicted molar refractivity (Wildman–Crippen MR) is 130 cm³/mol. The van der Waals surface area contributed by atoms with E-state index in [-0.39, 0.29) is 28.8 Å². The molecule has 37 heavy (non-hydrogen) atoms. The highest BCUT2D eigenvalue weighted by Gasteiger charge is 2.63. The lowest BCUT2D eigenvalue weighted by Crippen LogP contribution is -2.44. The van der Waals surface area contributed by atoms with Gasteiger partial charge in [0.2, 0.25) is 23.6 Å². The fourth-order valence-corrected chi connectivity index (χ4v) is 7.34. The first-order valence-corrected chi connectivity index (χ1v) is 12.8. The van der Waals surface area contributed by atoms with Crippen molar-refractivity contribution in [3.8, 4) is 11.5 Å². The van der Waals surface area contributed by atoms with Gasteiger partial charge < -0.3 is 21.3 Å². The molecule has 2 saturated heterocycles. The zero-order valence-electron chi connectivity index (χ0n) is 19.1. The minimum atomic E-state index is -1.21. The van der Waals surface area contributed by atoms with Crippen molar-refractivity contribution in [1.82, 2.24) is 9.80 Å². The number of carbonyl (C=O) groups excluding carboxylic acids is 6. The van der Waals surface area contributed by atoms with Crippen LogP contribution in [0.3, 0.4) is 0 Å². The highest BCUT2D eigenvalue weighted by atomic mass is 79.9. The molecule has 0 spiro atoms. The van der Waals surface area contributed by atoms with Gasteiger partial charge >= 0.3 is 12.1 Å². The number of halogens is 2. The summed E-state index contributed by atoms with van der Waals surface area (Å²) in [5, 5.41) is 10.5. The first-order chi connectivity index (χ1) is 17.4. The van der Waals surface area contributed by atoms with Crippen molar-refractivity contribution < 1.29 is 38.6 Å². The molecule has 14 heteroatoms. The van der Waals surface area contributed by atoms with Crippen molar-refractivity contribution in [2.24, 2.45) is 41.1 Å². The number of aromatic hydroxyl groups is 1. The van der Waals surface area contributed by atoms with E-state index in [1.165, 1.54) is 13.2 Å². The maximum atomic E-state index is 13.4. The fourth-order valence-electron chi connectivity index (χ4n) is 6.36. The van der Waals surface area contributed by atoms with Crippen molar-refractivity contribution in [2.75, 3.05) is 7.11 Å². The lowest BCUT2D eigenvalue weighted by Gasteiger charge is -2.44. The topological polar surface area (TPSA) is 190 Å². The Labute approximate surface area is 226 Å². The van der Waals surface area contributed by atoms with Crippen molar-refractivity contribution in [3.63, 3.8) is 0 Å². The van der Waals surface area contributed by atoms with Gasteiger partial charge in [0.1, 0.15) is 0 Å². The van der Waals surface area contributed by atoms with Gasteiger partial charge in [0.25, 0.3) is 0 Å². The monoisotopic (exact) mass is 638 g/mol. The molecule has 1 aromatic rings. The SMILES string of the molecule is COc1cc([C@H]2C3=CC[C@@H]4C(=O)N(C(N)=O)C(=O)[C@@H]4[C@@H]3C[C@H]3C(=O)N(C(N)=O)C(=O)[C@@H]23)c(Br)c(Br)c1O. The summed E-state index contributed by atoms with van der Waals surface area (Å²) in [6.07, 6.45) is 1.84. The lowest BCUT2D eigenvalue weighted by atomic mass is 9.57. The second-order valence-electron chi connectivity index (χ2n) is 9.37. The number of phenols is 1. The van der Waals surface area contributed by atoms with E-state index >= 15 is 0 Å². The molecular weight excluding hydrogens is 620 g/mol. The van der Waals surface area contributed by atoms with E-state index in [1.807, 2.05) is 0 Å². The van der Waals surface area contributed by atoms with Gasteiger partial charge in [-0.05, 0) is 62.2 Å². The fraction of sp³-hybridized carbons (Fsp3) is 0.391. The number of carbonyl (C=O) groups is 6. The summed E-state index contributed by atoms with van der Waals surface area (Å²) < 4.78 is 5.89. The Balaban J connectivity index is 1.72. The quantitative estimate of drug-likeness (QED) is 0.322. The number of fused-ring (bicyclic) bond motifs is 4. The van der Waals surface area contributed by atoms with Gasteiger partial charge in [0, 0.05) is 10.4 Å². The summed E-state index contributed by atoms with van der Waals surface area (Å²) in [6, 6.07) is -0.893. The Bertz CT molecular complexity index is 1360. The number of allylic oxidation sites excluding steroid dienone is 2. The van der Waals surface area contributed by atoms with Crippen molar-refractivity contribution in [2.45, 2.75) is 18.8 Å². The summed E-state index contributed by atoms with van der Waals surface area (Å²) >= 11 is 6.76. The molecule has 3 fully saturated rings. The molecule has 6 atom stereocenters. The summed E-state index contributed by atoms with van der Waals surface area (Å²) in [5.74, 6) is -8.63. The van der Waals surface area contributed by atoms with Crippen LogP contribution in [0, 0.1) is 29.6 Å². The molecule has 0 bridgehead atoms. The molecule has 5 N–H and O–H groups in total. The first-order valence-electron chi connectivity index (χ1n) is 11.2. The number of hydrogen-bond donors (Lipinski definition) is 3. The van der Waals surface area contributed by atoms with Gasteiger partial charge in [-0.1, -0.05) is 11.6 Å². The van der Waals surface area contributed by atoms with Gasteiger partial charge in [-0.15, -0.1) is 0 Å². The number of benzene rings is 1. The Morgan fingerprint density at radius 2 is 1.49 bits per heavy atom. The third kappa shape index (κ3) is 3.38. The van der Waals surface area contributed by atoms with E-state index < -0.39 is 71.2 Å². The van der Waals surface area contributed by atoms with Crippen LogP contribution in [0.2, 0.25) is 0 Å². The number of ether oxygens (including phenoxy) is 1. The predicted octanol–water partition coefficient (Wildman–Crippen LogP) is 1.72. The van der Waals surface area contributed by atoms with Crippen molar-refractivity contribution in [1.29, 1.82) is 0 Å². The van der Waals surface area contributed by atoms with Crippen LogP contribution < -0.4 is 16.2 Å². The van der Waals surface area contributed by atoms with Gasteiger partial charge in [0.15, 0.2) is 11.5 Å². The molecular formula is C23H20Br2N4O8. The Hall–Kier alpha value is -3.26. The summed E-state index contributed by atoms with van der Waals surface area (Å²) in [4.78, 5) is 77.5. The van der Waals surface area contributed by atoms with Crippen molar-refractivity contribution in [3.05, 3.63) is 32.2 Å². The molecule has 2 heterocycles. The second kappa shape index (κ2) is 8.65. The summed E-state index contributed by atoms with van der Waals surface area (Å²) in [7, 11) is 1.34. The average molecular weight is 640 g/mol. The number of primary amides is 2. The van der Waals surface area contributed by atoms with E-state index in [0.717, 1.165) is 0 Å². The molecule has 2 aliphatic heterocycles. The molecule has 0 aromatic heterocycles. The maximum Gasteiger partial charge on any atom is 0.328 e. The number of methoxy groups -OCH3 is 1. The standard InChI is InChI=1S/C23H20Br2N4O8/c1-37-11-5-9(15(24)16(25)17(11)30)12-6-2-3-7-13(20(33)28(18(7)31)22(26)35)8(6)4-10-14(12)21(34)29(19(10)32)23(27)36/h2,5,7-8,10,12-14,30H,3-4H2,1H3,(H2,26,35)(H2,27,36)/t7-,8+,10+,12+,13-,14+/m0/s1. The molecule has 1 saturated carbocycles. The Morgan fingerprint density at radius 1 is 0.919 bits per heavy atom. The number of nitrogens with zero attached hydrogens (tertiary/aromatic N) is 2. The highest BCUT2D eigenvalue weighted by Crippen LogP contribution is 2.59. The summed E-state index contributed by atoms with van der Waals surface area (Å²) in [6.45, 7) is 0. The van der Waals surface area contributed by atoms with E-state index in [4.69, 9.17) is 16.2 Å². The van der Waals surface area contributed by atoms with E-state index in [2.05, 4.69) is 31.9 Å². The van der Waals surface area contributed by atoms with Crippen LogP contribution >= 0.6 is 31.9 Å². The second-order valence-corrected chi connectivity index (χ2v) is 11.0. The average Bonchev–Trinajstić information content (AvgIpc) is 3.25.